The van der Waals surface area contributed by atoms with E-state index < -0.39 is 11.9 Å². The third kappa shape index (κ3) is 2.51. The number of para-hydroxylation sites is 1. The van der Waals surface area contributed by atoms with Crippen LogP contribution in [0.3, 0.4) is 0 Å². The zero-order valence-electron chi connectivity index (χ0n) is 10.9. The van der Waals surface area contributed by atoms with Gasteiger partial charge >= 0.3 is 0 Å². The number of nitrogens with one attached hydrogen (secondary N) is 1. The first-order chi connectivity index (χ1) is 9.65. The number of rotatable bonds is 3. The summed E-state index contributed by atoms with van der Waals surface area (Å²) in [5.74, 6) is -0.438. The van der Waals surface area contributed by atoms with Crippen LogP contribution >= 0.6 is 11.6 Å². The van der Waals surface area contributed by atoms with Gasteiger partial charge in [-0.2, -0.15) is 0 Å². The largest absolute Gasteiger partial charge is 0.388 e. The summed E-state index contributed by atoms with van der Waals surface area (Å²) in [7, 11) is 0. The van der Waals surface area contributed by atoms with Gasteiger partial charge in [-0.25, -0.2) is 4.39 Å². The standard InChI is InChI=1S/C16H15ClFNO/c17-13-8-10(4-5-14(13)18)9-15(20)12-3-1-2-11-6-7-19-16(11)12/h1-5,8,15,19-20H,6-7,9H2. The van der Waals surface area contributed by atoms with Crippen LogP contribution in [0.2, 0.25) is 5.02 Å². The second-order valence-corrected chi connectivity index (χ2v) is 5.43. The molecule has 0 saturated heterocycles. The topological polar surface area (TPSA) is 32.3 Å². The zero-order valence-corrected chi connectivity index (χ0v) is 11.6. The minimum Gasteiger partial charge on any atom is -0.388 e. The first kappa shape index (κ1) is 13.4. The van der Waals surface area contributed by atoms with E-state index in [0.717, 1.165) is 29.8 Å². The summed E-state index contributed by atoms with van der Waals surface area (Å²) in [4.78, 5) is 0. The van der Waals surface area contributed by atoms with Crippen LogP contribution in [-0.4, -0.2) is 11.7 Å². The lowest BCUT2D eigenvalue weighted by Gasteiger charge is -2.15. The molecule has 0 aromatic heterocycles. The molecular weight excluding hydrogens is 277 g/mol. The fourth-order valence-corrected chi connectivity index (χ4v) is 2.85. The molecule has 0 radical (unpaired) electrons. The van der Waals surface area contributed by atoms with Gasteiger partial charge in [0, 0.05) is 24.2 Å². The van der Waals surface area contributed by atoms with Gasteiger partial charge in [-0.3, -0.25) is 0 Å². The molecule has 0 amide bonds. The maximum absolute atomic E-state index is 13.1. The molecule has 0 bridgehead atoms. The van der Waals surface area contributed by atoms with Crippen LogP contribution in [0.5, 0.6) is 0 Å². The summed E-state index contributed by atoms with van der Waals surface area (Å²) in [5.41, 5.74) is 3.98. The molecule has 1 atom stereocenters. The van der Waals surface area contributed by atoms with E-state index >= 15 is 0 Å². The van der Waals surface area contributed by atoms with Crippen LogP contribution in [0.25, 0.3) is 0 Å². The molecule has 0 fully saturated rings. The second kappa shape index (κ2) is 5.43. The molecule has 0 spiro atoms. The van der Waals surface area contributed by atoms with Crippen molar-refractivity contribution in [3.63, 3.8) is 0 Å². The van der Waals surface area contributed by atoms with E-state index in [9.17, 15) is 9.50 Å². The highest BCUT2D eigenvalue weighted by atomic mass is 35.5. The Morgan fingerprint density at radius 2 is 2.15 bits per heavy atom. The van der Waals surface area contributed by atoms with Crippen molar-refractivity contribution in [3.8, 4) is 0 Å². The van der Waals surface area contributed by atoms with Crippen molar-refractivity contribution < 1.29 is 9.50 Å². The minimum absolute atomic E-state index is 0.0890. The van der Waals surface area contributed by atoms with E-state index in [4.69, 9.17) is 11.6 Å². The number of fused-ring (bicyclic) bond motifs is 1. The van der Waals surface area contributed by atoms with E-state index in [-0.39, 0.29) is 5.02 Å². The fraction of sp³-hybridized carbons (Fsp3) is 0.250. The molecule has 2 aromatic carbocycles. The van der Waals surface area contributed by atoms with Gasteiger partial charge < -0.3 is 10.4 Å². The average Bonchev–Trinajstić information content (AvgIpc) is 2.91. The molecule has 1 unspecified atom stereocenters. The molecule has 0 aliphatic carbocycles. The predicted octanol–water partition coefficient (Wildman–Crippen LogP) is 3.72. The smallest absolute Gasteiger partial charge is 0.141 e. The van der Waals surface area contributed by atoms with E-state index in [1.165, 1.54) is 11.6 Å². The molecule has 1 aliphatic rings. The second-order valence-electron chi connectivity index (χ2n) is 5.03. The first-order valence-corrected chi connectivity index (χ1v) is 7.00. The highest BCUT2D eigenvalue weighted by Gasteiger charge is 2.19. The van der Waals surface area contributed by atoms with Crippen molar-refractivity contribution in [1.29, 1.82) is 0 Å². The third-order valence-corrected chi connectivity index (χ3v) is 3.94. The Bertz CT molecular complexity index is 644. The van der Waals surface area contributed by atoms with Crippen LogP contribution in [0.1, 0.15) is 22.8 Å². The van der Waals surface area contributed by atoms with E-state index in [2.05, 4.69) is 11.4 Å². The van der Waals surface area contributed by atoms with Gasteiger partial charge in [0.05, 0.1) is 11.1 Å². The molecular formula is C16H15ClFNO. The van der Waals surface area contributed by atoms with Gasteiger partial charge in [0.25, 0.3) is 0 Å². The van der Waals surface area contributed by atoms with Crippen LogP contribution in [0.4, 0.5) is 10.1 Å². The quantitative estimate of drug-likeness (QED) is 0.903. The summed E-state index contributed by atoms with van der Waals surface area (Å²) < 4.78 is 13.1. The van der Waals surface area contributed by atoms with Gasteiger partial charge in [0.2, 0.25) is 0 Å². The number of benzene rings is 2. The van der Waals surface area contributed by atoms with Crippen LogP contribution in [0, 0.1) is 5.82 Å². The zero-order chi connectivity index (χ0) is 14.1. The van der Waals surface area contributed by atoms with Crippen molar-refractivity contribution in [3.05, 3.63) is 63.9 Å². The van der Waals surface area contributed by atoms with Gasteiger partial charge in [-0.15, -0.1) is 0 Å². The van der Waals surface area contributed by atoms with Crippen molar-refractivity contribution in [1.82, 2.24) is 0 Å². The van der Waals surface area contributed by atoms with E-state index in [1.54, 1.807) is 12.1 Å². The molecule has 4 heteroatoms. The highest BCUT2D eigenvalue weighted by Crippen LogP contribution is 2.32. The molecule has 2 nitrogen and oxygen atoms in total. The maximum Gasteiger partial charge on any atom is 0.141 e. The normalized spacial score (nSPS) is 14.8. The third-order valence-electron chi connectivity index (χ3n) is 3.65. The molecule has 1 heterocycles. The van der Waals surface area contributed by atoms with Crippen molar-refractivity contribution in [2.45, 2.75) is 18.9 Å². The molecule has 1 aliphatic heterocycles. The average molecular weight is 292 g/mol. The minimum atomic E-state index is -0.628. The van der Waals surface area contributed by atoms with Crippen molar-refractivity contribution in [2.24, 2.45) is 0 Å². The Balaban J connectivity index is 1.84. The summed E-state index contributed by atoms with van der Waals surface area (Å²) in [5, 5.41) is 13.8. The van der Waals surface area contributed by atoms with Crippen molar-refractivity contribution in [2.75, 3.05) is 11.9 Å². The maximum atomic E-state index is 13.1. The van der Waals surface area contributed by atoms with Gasteiger partial charge in [0.1, 0.15) is 5.82 Å². The molecule has 104 valence electrons. The number of aliphatic hydroxyl groups excluding tert-OH is 1. The SMILES string of the molecule is OC(Cc1ccc(F)c(Cl)c1)c1cccc2c1NCC2. The number of hydrogen-bond acceptors (Lipinski definition) is 2. The Hall–Kier alpha value is -1.58. The van der Waals surface area contributed by atoms with E-state index in [1.807, 2.05) is 12.1 Å². The van der Waals surface area contributed by atoms with Gasteiger partial charge in [-0.1, -0.05) is 35.9 Å². The molecule has 2 N–H and O–H groups in total. The van der Waals surface area contributed by atoms with Gasteiger partial charge in [-0.05, 0) is 29.7 Å². The lowest BCUT2D eigenvalue weighted by molar-refractivity contribution is 0.179. The van der Waals surface area contributed by atoms with Crippen LogP contribution in [-0.2, 0) is 12.8 Å². The Kier molecular flexibility index (Phi) is 3.64. The first-order valence-electron chi connectivity index (χ1n) is 6.63. The Labute approximate surface area is 122 Å². The number of hydrogen-bond donors (Lipinski definition) is 2. The Morgan fingerprint density at radius 1 is 1.30 bits per heavy atom. The summed E-state index contributed by atoms with van der Waals surface area (Å²) >= 11 is 5.77. The van der Waals surface area contributed by atoms with Crippen molar-refractivity contribution >= 4 is 17.3 Å². The van der Waals surface area contributed by atoms with E-state index in [0.29, 0.717) is 6.42 Å². The number of aliphatic hydroxyl groups is 1. The molecule has 3 rings (SSSR count). The number of halogens is 2. The molecule has 20 heavy (non-hydrogen) atoms. The summed E-state index contributed by atoms with van der Waals surface area (Å²) in [6, 6.07) is 10.5. The van der Waals surface area contributed by atoms with Gasteiger partial charge in [0.15, 0.2) is 0 Å². The van der Waals surface area contributed by atoms with Crippen LogP contribution < -0.4 is 5.32 Å². The lowest BCUT2D eigenvalue weighted by atomic mass is 9.98. The van der Waals surface area contributed by atoms with Crippen LogP contribution in [0.15, 0.2) is 36.4 Å². The highest BCUT2D eigenvalue weighted by molar-refractivity contribution is 6.30. The molecule has 0 saturated carbocycles. The number of anilines is 1. The predicted molar refractivity (Wildman–Crippen MR) is 78.7 cm³/mol. The molecule has 2 aromatic rings. The Morgan fingerprint density at radius 3 is 2.95 bits per heavy atom. The lowest BCUT2D eigenvalue weighted by Crippen LogP contribution is -2.05. The summed E-state index contributed by atoms with van der Waals surface area (Å²) in [6.45, 7) is 0.904. The fourth-order valence-electron chi connectivity index (χ4n) is 2.64. The summed E-state index contributed by atoms with van der Waals surface area (Å²) in [6.07, 6.45) is 0.772. The monoisotopic (exact) mass is 291 g/mol.